The number of aromatic nitrogens is 2. The molecule has 34 heavy (non-hydrogen) atoms. The molecular weight excluding hydrogens is 428 g/mol. The number of methoxy groups -OCH3 is 1. The molecule has 172 valence electrons. The first-order valence-corrected chi connectivity index (χ1v) is 10.9. The molecule has 3 aromatic carbocycles. The van der Waals surface area contributed by atoms with Gasteiger partial charge in [-0.1, -0.05) is 60.7 Å². The Balaban J connectivity index is 1.66. The van der Waals surface area contributed by atoms with E-state index < -0.39 is 17.9 Å². The van der Waals surface area contributed by atoms with Gasteiger partial charge >= 0.3 is 0 Å². The third kappa shape index (κ3) is 5.32. The van der Waals surface area contributed by atoms with Crippen LogP contribution in [-0.2, 0) is 17.8 Å². The number of hydrogen-bond donors (Lipinski definition) is 2. The summed E-state index contributed by atoms with van der Waals surface area (Å²) in [4.78, 5) is 29.8. The zero-order valence-electron chi connectivity index (χ0n) is 18.8. The average molecular weight is 455 g/mol. The van der Waals surface area contributed by atoms with Crippen LogP contribution >= 0.6 is 0 Å². The van der Waals surface area contributed by atoms with Gasteiger partial charge in [-0.2, -0.15) is 0 Å². The molecule has 0 saturated heterocycles. The van der Waals surface area contributed by atoms with Gasteiger partial charge in [-0.3, -0.25) is 9.59 Å². The van der Waals surface area contributed by atoms with Crippen LogP contribution in [0.3, 0.4) is 0 Å². The van der Waals surface area contributed by atoms with Gasteiger partial charge in [0.2, 0.25) is 5.91 Å². The summed E-state index contributed by atoms with van der Waals surface area (Å²) in [6, 6.07) is 25.9. The Labute approximate surface area is 198 Å². The molecule has 1 aromatic heterocycles. The summed E-state index contributed by atoms with van der Waals surface area (Å²) < 4.78 is 7.19. The number of nitrogens with zero attached hydrogens (tertiary/aromatic N) is 2. The zero-order chi connectivity index (χ0) is 23.9. The molecule has 0 unspecified atom stereocenters. The summed E-state index contributed by atoms with van der Waals surface area (Å²) in [6.45, 7) is 0.533. The lowest BCUT2D eigenvalue weighted by Crippen LogP contribution is -2.46. The van der Waals surface area contributed by atoms with Crippen molar-refractivity contribution in [3.63, 3.8) is 0 Å². The van der Waals surface area contributed by atoms with Gasteiger partial charge in [0, 0.05) is 18.5 Å². The molecule has 2 amide bonds. The Morgan fingerprint density at radius 1 is 0.941 bits per heavy atom. The number of hydrogen-bond acceptors (Lipinski definition) is 4. The predicted octanol–water partition coefficient (Wildman–Crippen LogP) is 3.43. The number of nitrogens with one attached hydrogen (secondary N) is 1. The van der Waals surface area contributed by atoms with Crippen LogP contribution in [0.2, 0.25) is 0 Å². The monoisotopic (exact) mass is 454 g/mol. The van der Waals surface area contributed by atoms with Crippen molar-refractivity contribution in [2.45, 2.75) is 19.0 Å². The van der Waals surface area contributed by atoms with E-state index >= 15 is 0 Å². The van der Waals surface area contributed by atoms with Gasteiger partial charge < -0.3 is 20.4 Å². The Morgan fingerprint density at radius 2 is 1.56 bits per heavy atom. The van der Waals surface area contributed by atoms with Gasteiger partial charge in [0.05, 0.1) is 19.1 Å². The molecule has 0 spiro atoms. The van der Waals surface area contributed by atoms with Crippen molar-refractivity contribution in [3.05, 3.63) is 108 Å². The first-order valence-electron chi connectivity index (χ1n) is 10.9. The Morgan fingerprint density at radius 3 is 2.15 bits per heavy atom. The summed E-state index contributed by atoms with van der Waals surface area (Å²) in [5.74, 6) is -0.357. The smallest absolute Gasteiger partial charge is 0.272 e. The number of amides is 2. The first-order chi connectivity index (χ1) is 16.5. The summed E-state index contributed by atoms with van der Waals surface area (Å²) >= 11 is 0. The molecule has 1 atom stereocenters. The molecule has 0 bridgehead atoms. The van der Waals surface area contributed by atoms with Crippen LogP contribution in [0.1, 0.15) is 21.6 Å². The minimum atomic E-state index is -0.863. The highest BCUT2D eigenvalue weighted by atomic mass is 16.5. The summed E-state index contributed by atoms with van der Waals surface area (Å²) in [6.07, 6.45) is 1.93. The summed E-state index contributed by atoms with van der Waals surface area (Å²) in [7, 11) is 1.60. The molecule has 1 heterocycles. The highest BCUT2D eigenvalue weighted by molar-refractivity contribution is 6.00. The van der Waals surface area contributed by atoms with Gasteiger partial charge in [0.15, 0.2) is 5.69 Å². The minimum Gasteiger partial charge on any atom is -0.497 e. The van der Waals surface area contributed by atoms with E-state index in [4.69, 9.17) is 10.5 Å². The lowest BCUT2D eigenvalue weighted by atomic mass is 10.0. The lowest BCUT2D eigenvalue weighted by Gasteiger charge is -2.16. The molecule has 0 aliphatic heterocycles. The van der Waals surface area contributed by atoms with Crippen molar-refractivity contribution >= 4 is 11.8 Å². The highest BCUT2D eigenvalue weighted by Gasteiger charge is 2.25. The summed E-state index contributed by atoms with van der Waals surface area (Å²) in [5.41, 5.74) is 9.25. The van der Waals surface area contributed by atoms with Crippen LogP contribution in [0.4, 0.5) is 0 Å². The molecule has 0 saturated carbocycles. The van der Waals surface area contributed by atoms with E-state index in [1.807, 2.05) is 89.5 Å². The summed E-state index contributed by atoms with van der Waals surface area (Å²) in [5, 5.41) is 2.78. The van der Waals surface area contributed by atoms with Crippen LogP contribution < -0.4 is 15.8 Å². The van der Waals surface area contributed by atoms with Gasteiger partial charge in [-0.25, -0.2) is 4.98 Å². The first kappa shape index (κ1) is 22.8. The van der Waals surface area contributed by atoms with Crippen LogP contribution in [0.25, 0.3) is 11.3 Å². The topological polar surface area (TPSA) is 99.2 Å². The molecule has 0 aliphatic carbocycles. The van der Waals surface area contributed by atoms with E-state index in [-0.39, 0.29) is 5.69 Å². The van der Waals surface area contributed by atoms with Crippen LogP contribution in [0.15, 0.2) is 91.3 Å². The van der Waals surface area contributed by atoms with Crippen molar-refractivity contribution in [2.24, 2.45) is 5.73 Å². The van der Waals surface area contributed by atoms with Crippen molar-refractivity contribution in [1.29, 1.82) is 0 Å². The second-order valence-electron chi connectivity index (χ2n) is 7.90. The SMILES string of the molecule is COc1ccc(-c2c(C(=O)N[C@H](Cc3ccccc3)C(N)=O)ncn2Cc2ccccc2)cc1. The number of primary amides is 1. The van der Waals surface area contributed by atoms with Crippen LogP contribution in [0, 0.1) is 0 Å². The Kier molecular flexibility index (Phi) is 7.03. The predicted molar refractivity (Wildman–Crippen MR) is 130 cm³/mol. The van der Waals surface area contributed by atoms with Gasteiger partial charge in [0.1, 0.15) is 11.8 Å². The van der Waals surface area contributed by atoms with Crippen molar-refractivity contribution in [2.75, 3.05) is 7.11 Å². The molecule has 7 heteroatoms. The molecule has 7 nitrogen and oxygen atoms in total. The van der Waals surface area contributed by atoms with Crippen molar-refractivity contribution < 1.29 is 14.3 Å². The van der Waals surface area contributed by atoms with Gasteiger partial charge in [-0.05, 0) is 35.4 Å². The third-order valence-corrected chi connectivity index (χ3v) is 5.54. The largest absolute Gasteiger partial charge is 0.497 e. The second-order valence-corrected chi connectivity index (χ2v) is 7.90. The maximum atomic E-state index is 13.3. The number of carbonyl (C=O) groups is 2. The molecule has 4 rings (SSSR count). The van der Waals surface area contributed by atoms with E-state index in [9.17, 15) is 9.59 Å². The fraction of sp³-hybridized carbons (Fsp3) is 0.148. The quantitative estimate of drug-likeness (QED) is 0.405. The molecule has 0 aliphatic rings. The minimum absolute atomic E-state index is 0.223. The standard InChI is InChI=1S/C27H26N4O3/c1-34-22-14-12-21(13-15-22)25-24(29-18-31(25)17-20-10-6-3-7-11-20)27(33)30-23(26(28)32)16-19-8-4-2-5-9-19/h2-15,18,23H,16-17H2,1H3,(H2,28,32)(H,30,33)/t23-/m1/s1. The molecule has 3 N–H and O–H groups in total. The molecule has 4 aromatic rings. The fourth-order valence-electron chi connectivity index (χ4n) is 3.80. The number of nitrogens with two attached hydrogens (primary N) is 1. The number of benzene rings is 3. The number of carbonyl (C=O) groups excluding carboxylic acids is 2. The van der Waals surface area contributed by atoms with E-state index in [2.05, 4.69) is 10.3 Å². The Hall–Kier alpha value is -4.39. The van der Waals surface area contributed by atoms with E-state index in [1.54, 1.807) is 13.4 Å². The zero-order valence-corrected chi connectivity index (χ0v) is 18.8. The highest BCUT2D eigenvalue weighted by Crippen LogP contribution is 2.27. The maximum absolute atomic E-state index is 13.3. The normalized spacial score (nSPS) is 11.6. The number of ether oxygens (including phenoxy) is 1. The van der Waals surface area contributed by atoms with Gasteiger partial charge in [-0.15, -0.1) is 0 Å². The number of imidazole rings is 1. The van der Waals surface area contributed by atoms with Crippen LogP contribution in [-0.4, -0.2) is 34.5 Å². The molecular formula is C27H26N4O3. The van der Waals surface area contributed by atoms with E-state index in [1.165, 1.54) is 0 Å². The van der Waals surface area contributed by atoms with E-state index in [0.717, 1.165) is 16.7 Å². The second kappa shape index (κ2) is 10.5. The van der Waals surface area contributed by atoms with Crippen LogP contribution in [0.5, 0.6) is 5.75 Å². The fourth-order valence-corrected chi connectivity index (χ4v) is 3.80. The van der Waals surface area contributed by atoms with Gasteiger partial charge in [0.25, 0.3) is 5.91 Å². The maximum Gasteiger partial charge on any atom is 0.272 e. The molecule has 0 fully saturated rings. The number of rotatable bonds is 9. The van der Waals surface area contributed by atoms with Crippen molar-refractivity contribution in [1.82, 2.24) is 14.9 Å². The van der Waals surface area contributed by atoms with Crippen molar-refractivity contribution in [3.8, 4) is 17.0 Å². The Bertz CT molecular complexity index is 1250. The molecule has 0 radical (unpaired) electrons. The lowest BCUT2D eigenvalue weighted by molar-refractivity contribution is -0.119. The third-order valence-electron chi connectivity index (χ3n) is 5.54. The average Bonchev–Trinajstić information content (AvgIpc) is 3.28. The van der Waals surface area contributed by atoms with E-state index in [0.29, 0.717) is 24.4 Å².